The van der Waals surface area contributed by atoms with Gasteiger partial charge in [0.25, 0.3) is 5.56 Å². The smallest absolute Gasteiger partial charge is 0.264 e. The van der Waals surface area contributed by atoms with Crippen molar-refractivity contribution < 1.29 is 0 Å². The third-order valence-corrected chi connectivity index (χ3v) is 5.58. The zero-order valence-corrected chi connectivity index (χ0v) is 15.3. The summed E-state index contributed by atoms with van der Waals surface area (Å²) in [6.45, 7) is 0. The summed E-state index contributed by atoms with van der Waals surface area (Å²) in [5.41, 5.74) is 4.61. The molecule has 0 atom stereocenters. The average Bonchev–Trinajstić information content (AvgIpc) is 3.16. The van der Waals surface area contributed by atoms with E-state index in [0.29, 0.717) is 27.6 Å². The van der Waals surface area contributed by atoms with Gasteiger partial charge in [0.1, 0.15) is 5.65 Å². The molecule has 0 N–H and O–H groups in total. The van der Waals surface area contributed by atoms with Gasteiger partial charge in [-0.25, -0.2) is 4.98 Å². The molecule has 0 bridgehead atoms. The molecule has 6 rings (SSSR count). The lowest BCUT2D eigenvalue weighted by Crippen LogP contribution is -2.13. The maximum absolute atomic E-state index is 13.5. The lowest BCUT2D eigenvalue weighted by atomic mass is 9.94. The number of aromatic nitrogens is 2. The van der Waals surface area contributed by atoms with Crippen LogP contribution in [0.1, 0.15) is 5.56 Å². The Morgan fingerprint density at radius 1 is 0.828 bits per heavy atom. The number of imidazole rings is 1. The molecule has 0 spiro atoms. The van der Waals surface area contributed by atoms with E-state index in [9.17, 15) is 10.1 Å². The van der Waals surface area contributed by atoms with Crippen molar-refractivity contribution in [3.8, 4) is 17.2 Å². The number of rotatable bonds is 1. The quantitative estimate of drug-likeness (QED) is 0.402. The SMILES string of the molecule is N#Cc1ccc2nc3c4cccc5c(-c6ccccc6)ccc(c(=O)n3c2c1)c54. The summed E-state index contributed by atoms with van der Waals surface area (Å²) in [5, 5.41) is 12.8. The molecule has 0 saturated heterocycles. The van der Waals surface area contributed by atoms with E-state index in [1.54, 1.807) is 22.6 Å². The zero-order chi connectivity index (χ0) is 19.5. The Hall–Kier alpha value is -4.23. The van der Waals surface area contributed by atoms with Crippen molar-refractivity contribution >= 4 is 38.2 Å². The summed E-state index contributed by atoms with van der Waals surface area (Å²) >= 11 is 0. The van der Waals surface area contributed by atoms with Gasteiger partial charge in [-0.05, 0) is 40.8 Å². The van der Waals surface area contributed by atoms with Crippen LogP contribution in [0.3, 0.4) is 0 Å². The van der Waals surface area contributed by atoms with Crippen molar-refractivity contribution in [1.82, 2.24) is 9.38 Å². The van der Waals surface area contributed by atoms with Gasteiger partial charge in [-0.3, -0.25) is 9.20 Å². The number of hydrogen-bond acceptors (Lipinski definition) is 3. The minimum Gasteiger partial charge on any atom is -0.268 e. The third kappa shape index (κ3) is 2.07. The molecule has 6 aromatic rings. The van der Waals surface area contributed by atoms with E-state index in [2.05, 4.69) is 24.3 Å². The van der Waals surface area contributed by atoms with Crippen molar-refractivity contribution in [3.63, 3.8) is 0 Å². The van der Waals surface area contributed by atoms with Gasteiger partial charge in [0.05, 0.1) is 22.7 Å². The van der Waals surface area contributed by atoms with E-state index in [0.717, 1.165) is 27.3 Å². The summed E-state index contributed by atoms with van der Waals surface area (Å²) < 4.78 is 1.63. The molecule has 0 saturated carbocycles. The van der Waals surface area contributed by atoms with Crippen LogP contribution in [0, 0.1) is 11.3 Å². The number of fused-ring (bicyclic) bond motifs is 4. The molecule has 4 aromatic carbocycles. The molecule has 134 valence electrons. The molecule has 0 radical (unpaired) electrons. The highest BCUT2D eigenvalue weighted by Gasteiger charge is 2.17. The second kappa shape index (κ2) is 5.63. The van der Waals surface area contributed by atoms with Crippen LogP contribution in [0.15, 0.2) is 83.7 Å². The standard InChI is InChI=1S/C25H13N3O/c26-14-15-9-12-21-22(13-15)28-24(27-21)19-8-4-7-18-17(16-5-2-1-3-6-16)10-11-20(23(18)19)25(28)29/h1-13H. The van der Waals surface area contributed by atoms with Gasteiger partial charge in [-0.2, -0.15) is 5.26 Å². The summed E-state index contributed by atoms with van der Waals surface area (Å²) in [6, 6.07) is 27.6. The predicted octanol–water partition coefficient (Wildman–Crippen LogP) is 5.13. The second-order valence-corrected chi connectivity index (χ2v) is 7.15. The minimum atomic E-state index is -0.110. The normalized spacial score (nSPS) is 11.6. The van der Waals surface area contributed by atoms with Gasteiger partial charge < -0.3 is 0 Å². The van der Waals surface area contributed by atoms with Crippen LogP contribution in [0.4, 0.5) is 0 Å². The number of nitrogens with zero attached hydrogens (tertiary/aromatic N) is 3. The summed E-state index contributed by atoms with van der Waals surface area (Å²) in [7, 11) is 0. The Morgan fingerprint density at radius 2 is 1.66 bits per heavy atom. The fourth-order valence-electron chi connectivity index (χ4n) is 4.29. The van der Waals surface area contributed by atoms with Crippen LogP contribution < -0.4 is 5.56 Å². The fraction of sp³-hybridized carbons (Fsp3) is 0. The number of hydrogen-bond donors (Lipinski definition) is 0. The monoisotopic (exact) mass is 371 g/mol. The molecule has 0 aliphatic heterocycles. The molecule has 0 aliphatic carbocycles. The Morgan fingerprint density at radius 3 is 2.48 bits per heavy atom. The molecule has 0 unspecified atom stereocenters. The molecular formula is C25H13N3O. The van der Waals surface area contributed by atoms with Gasteiger partial charge in [0.2, 0.25) is 0 Å². The first-order valence-electron chi connectivity index (χ1n) is 9.35. The molecular weight excluding hydrogens is 358 g/mol. The van der Waals surface area contributed by atoms with Gasteiger partial charge in [-0.15, -0.1) is 0 Å². The minimum absolute atomic E-state index is 0.110. The first-order valence-corrected chi connectivity index (χ1v) is 9.35. The highest BCUT2D eigenvalue weighted by molar-refractivity contribution is 6.19. The maximum atomic E-state index is 13.5. The molecule has 4 nitrogen and oxygen atoms in total. The van der Waals surface area contributed by atoms with Crippen molar-refractivity contribution in [2.75, 3.05) is 0 Å². The van der Waals surface area contributed by atoms with Crippen LogP contribution in [-0.4, -0.2) is 9.38 Å². The fourth-order valence-corrected chi connectivity index (χ4v) is 4.29. The first kappa shape index (κ1) is 15.8. The number of pyridine rings is 1. The largest absolute Gasteiger partial charge is 0.268 e. The lowest BCUT2D eigenvalue weighted by Gasteiger charge is -2.11. The Kier molecular flexibility index (Phi) is 3.07. The van der Waals surface area contributed by atoms with Crippen LogP contribution >= 0.6 is 0 Å². The lowest BCUT2D eigenvalue weighted by molar-refractivity contribution is 1.19. The van der Waals surface area contributed by atoms with Crippen molar-refractivity contribution in [2.45, 2.75) is 0 Å². The Bertz CT molecular complexity index is 1670. The van der Waals surface area contributed by atoms with Crippen LogP contribution in [0.25, 0.3) is 49.4 Å². The Balaban J connectivity index is 1.85. The van der Waals surface area contributed by atoms with E-state index in [-0.39, 0.29) is 5.56 Å². The van der Waals surface area contributed by atoms with Gasteiger partial charge in [0, 0.05) is 16.2 Å². The van der Waals surface area contributed by atoms with Crippen LogP contribution in [-0.2, 0) is 0 Å². The van der Waals surface area contributed by atoms with Crippen LogP contribution in [0.5, 0.6) is 0 Å². The van der Waals surface area contributed by atoms with E-state index >= 15 is 0 Å². The number of benzene rings is 4. The van der Waals surface area contributed by atoms with Gasteiger partial charge >= 0.3 is 0 Å². The first-order chi connectivity index (χ1) is 14.3. The van der Waals surface area contributed by atoms with Crippen molar-refractivity contribution in [3.05, 3.63) is 94.8 Å². The topological polar surface area (TPSA) is 58.2 Å². The highest BCUT2D eigenvalue weighted by atomic mass is 16.1. The third-order valence-electron chi connectivity index (χ3n) is 5.58. The van der Waals surface area contributed by atoms with Crippen molar-refractivity contribution in [2.24, 2.45) is 0 Å². The van der Waals surface area contributed by atoms with E-state index < -0.39 is 0 Å². The van der Waals surface area contributed by atoms with Gasteiger partial charge in [-0.1, -0.05) is 54.6 Å². The van der Waals surface area contributed by atoms with E-state index in [1.807, 2.05) is 42.5 Å². The highest BCUT2D eigenvalue weighted by Crippen LogP contribution is 2.35. The number of nitriles is 1. The molecule has 2 aromatic heterocycles. The summed E-state index contributed by atoms with van der Waals surface area (Å²) in [5.74, 6) is 0. The van der Waals surface area contributed by atoms with Crippen LogP contribution in [0.2, 0.25) is 0 Å². The predicted molar refractivity (Wildman–Crippen MR) is 115 cm³/mol. The molecule has 0 fully saturated rings. The second-order valence-electron chi connectivity index (χ2n) is 7.15. The molecule has 4 heteroatoms. The molecule has 29 heavy (non-hydrogen) atoms. The van der Waals surface area contributed by atoms with Gasteiger partial charge in [0.15, 0.2) is 0 Å². The Labute approximate surface area is 165 Å². The van der Waals surface area contributed by atoms with E-state index in [1.165, 1.54) is 0 Å². The molecule has 0 aliphatic rings. The molecule has 2 heterocycles. The average molecular weight is 371 g/mol. The zero-order valence-electron chi connectivity index (χ0n) is 15.3. The maximum Gasteiger partial charge on any atom is 0.264 e. The summed E-state index contributed by atoms with van der Waals surface area (Å²) in [6.07, 6.45) is 0. The van der Waals surface area contributed by atoms with E-state index in [4.69, 9.17) is 4.98 Å². The summed E-state index contributed by atoms with van der Waals surface area (Å²) in [4.78, 5) is 18.2. The molecule has 0 amide bonds. The van der Waals surface area contributed by atoms with Crippen molar-refractivity contribution in [1.29, 1.82) is 5.26 Å².